The van der Waals surface area contributed by atoms with Gasteiger partial charge >= 0.3 is 0 Å². The molecule has 4 nitrogen and oxygen atoms in total. The Kier molecular flexibility index (Phi) is 4.37. The molecule has 0 bridgehead atoms. The van der Waals surface area contributed by atoms with E-state index in [0.717, 1.165) is 33.2 Å². The van der Waals surface area contributed by atoms with Crippen LogP contribution in [0.25, 0.3) is 27.5 Å². The number of nitrogens with two attached hydrogens (primary N) is 1. The third kappa shape index (κ3) is 3.05. The molecule has 30 heavy (non-hydrogen) atoms. The van der Waals surface area contributed by atoms with Crippen LogP contribution in [0, 0.1) is 5.41 Å². The fourth-order valence-corrected chi connectivity index (χ4v) is 3.83. The molecule has 0 atom stereocenters. The summed E-state index contributed by atoms with van der Waals surface area (Å²) in [6.45, 7) is 0. The smallest absolute Gasteiger partial charge is 0.154 e. The van der Waals surface area contributed by atoms with Gasteiger partial charge in [-0.1, -0.05) is 78.9 Å². The van der Waals surface area contributed by atoms with Crippen molar-refractivity contribution < 1.29 is 0 Å². The molecule has 1 aromatic heterocycles. The lowest BCUT2D eigenvalue weighted by atomic mass is 10.1. The van der Waals surface area contributed by atoms with Crippen molar-refractivity contribution in [3.63, 3.8) is 0 Å². The number of aliphatic imine (C=N–C) groups is 1. The maximum Gasteiger partial charge on any atom is 0.154 e. The second-order valence-electron chi connectivity index (χ2n) is 7.13. The second-order valence-corrected chi connectivity index (χ2v) is 7.13. The van der Waals surface area contributed by atoms with Crippen LogP contribution in [0.4, 0.5) is 0 Å². The Morgan fingerprint density at radius 1 is 0.667 bits per heavy atom. The second kappa shape index (κ2) is 7.33. The number of hydrogen-bond acceptors (Lipinski definition) is 1. The van der Waals surface area contributed by atoms with Gasteiger partial charge < -0.3 is 10.3 Å². The summed E-state index contributed by atoms with van der Waals surface area (Å²) in [5.74, 6) is 0.479. The molecule has 0 amide bonds. The number of rotatable bonds is 3. The normalized spacial score (nSPS) is 11.8. The quantitative estimate of drug-likeness (QED) is 0.310. The van der Waals surface area contributed by atoms with E-state index in [0.29, 0.717) is 5.84 Å². The van der Waals surface area contributed by atoms with E-state index < -0.39 is 0 Å². The standard InChI is InChI=1S/C26H20N4/c27-25(18-9-3-1-4-10-18)29-26(28)19-15-16-22-21-13-7-8-14-23(21)30(24(22)17-19)20-11-5-2-6-12-20/h1-17H,(H3,27,28,29). The average Bonchev–Trinajstić information content (AvgIpc) is 3.14. The summed E-state index contributed by atoms with van der Waals surface area (Å²) in [4.78, 5) is 4.35. The van der Waals surface area contributed by atoms with Crippen molar-refractivity contribution in [1.82, 2.24) is 4.57 Å². The van der Waals surface area contributed by atoms with Crippen molar-refractivity contribution in [2.45, 2.75) is 0 Å². The van der Waals surface area contributed by atoms with Gasteiger partial charge in [0.2, 0.25) is 0 Å². The SMILES string of the molecule is N=C(/N=C(\N)c1ccc2c3ccccc3n(-c3ccccc3)c2c1)c1ccccc1. The van der Waals surface area contributed by atoms with E-state index in [2.05, 4.69) is 58.1 Å². The van der Waals surface area contributed by atoms with E-state index in [9.17, 15) is 0 Å². The van der Waals surface area contributed by atoms with Crippen LogP contribution in [0.2, 0.25) is 0 Å². The molecule has 144 valence electrons. The summed E-state index contributed by atoms with van der Waals surface area (Å²) >= 11 is 0. The van der Waals surface area contributed by atoms with Gasteiger partial charge in [-0.15, -0.1) is 0 Å². The molecule has 1 heterocycles. The van der Waals surface area contributed by atoms with Crippen molar-refractivity contribution in [3.8, 4) is 5.69 Å². The first-order chi connectivity index (χ1) is 14.7. The van der Waals surface area contributed by atoms with Gasteiger partial charge in [-0.25, -0.2) is 4.99 Å². The van der Waals surface area contributed by atoms with E-state index >= 15 is 0 Å². The predicted octanol–water partition coefficient (Wildman–Crippen LogP) is 5.51. The number of aromatic nitrogens is 1. The van der Waals surface area contributed by atoms with Gasteiger partial charge in [0.25, 0.3) is 0 Å². The van der Waals surface area contributed by atoms with Gasteiger partial charge in [0.15, 0.2) is 5.84 Å². The number of hydrogen-bond donors (Lipinski definition) is 2. The van der Waals surface area contributed by atoms with Crippen molar-refractivity contribution >= 4 is 33.5 Å². The molecule has 0 aliphatic heterocycles. The zero-order valence-corrected chi connectivity index (χ0v) is 16.3. The lowest BCUT2D eigenvalue weighted by molar-refractivity contribution is 1.18. The van der Waals surface area contributed by atoms with Crippen LogP contribution in [0.1, 0.15) is 11.1 Å². The Morgan fingerprint density at radius 2 is 1.30 bits per heavy atom. The van der Waals surface area contributed by atoms with Crippen molar-refractivity contribution in [2.24, 2.45) is 10.7 Å². The summed E-state index contributed by atoms with van der Waals surface area (Å²) in [5.41, 5.74) is 11.1. The summed E-state index contributed by atoms with van der Waals surface area (Å²) in [6.07, 6.45) is 0. The van der Waals surface area contributed by atoms with Crippen molar-refractivity contribution in [2.75, 3.05) is 0 Å². The summed E-state index contributed by atoms with van der Waals surface area (Å²) in [7, 11) is 0. The van der Waals surface area contributed by atoms with Gasteiger partial charge in [-0.05, 0) is 24.3 Å². The van der Waals surface area contributed by atoms with Gasteiger partial charge in [0, 0.05) is 27.6 Å². The van der Waals surface area contributed by atoms with Crippen LogP contribution >= 0.6 is 0 Å². The first-order valence-corrected chi connectivity index (χ1v) is 9.79. The minimum atomic E-state index is 0.150. The Hall–Kier alpha value is -4.18. The maximum atomic E-state index is 8.26. The minimum Gasteiger partial charge on any atom is -0.383 e. The van der Waals surface area contributed by atoms with Gasteiger partial charge in [-0.2, -0.15) is 0 Å². The first-order valence-electron chi connectivity index (χ1n) is 9.79. The van der Waals surface area contributed by atoms with Gasteiger partial charge in [-0.3, -0.25) is 5.41 Å². The molecule has 0 saturated heterocycles. The number of para-hydroxylation sites is 2. The number of amidine groups is 2. The van der Waals surface area contributed by atoms with Crippen LogP contribution < -0.4 is 5.73 Å². The van der Waals surface area contributed by atoms with Gasteiger partial charge in [0.05, 0.1) is 11.0 Å². The van der Waals surface area contributed by atoms with Crippen LogP contribution in [0.3, 0.4) is 0 Å². The molecule has 4 aromatic carbocycles. The van der Waals surface area contributed by atoms with E-state index in [4.69, 9.17) is 11.1 Å². The van der Waals surface area contributed by atoms with Crippen LogP contribution in [-0.2, 0) is 0 Å². The fourth-order valence-electron chi connectivity index (χ4n) is 3.83. The number of fused-ring (bicyclic) bond motifs is 3. The Labute approximate surface area is 174 Å². The molecule has 5 rings (SSSR count). The van der Waals surface area contributed by atoms with E-state index in [1.807, 2.05) is 54.6 Å². The number of nitrogens with one attached hydrogen (secondary N) is 1. The third-order valence-electron chi connectivity index (χ3n) is 5.26. The zero-order chi connectivity index (χ0) is 20.5. The highest BCUT2D eigenvalue weighted by Gasteiger charge is 2.13. The highest BCUT2D eigenvalue weighted by atomic mass is 15.0. The van der Waals surface area contributed by atoms with E-state index in [1.54, 1.807) is 0 Å². The number of benzene rings is 4. The topological polar surface area (TPSA) is 67.2 Å². The first kappa shape index (κ1) is 17.9. The molecule has 0 radical (unpaired) electrons. The Bertz CT molecular complexity index is 1400. The summed E-state index contributed by atoms with van der Waals surface area (Å²) in [6, 6.07) is 34.2. The zero-order valence-electron chi connectivity index (χ0n) is 16.3. The molecule has 4 heteroatoms. The third-order valence-corrected chi connectivity index (χ3v) is 5.26. The Morgan fingerprint density at radius 3 is 2.07 bits per heavy atom. The lowest BCUT2D eigenvalue weighted by Crippen LogP contribution is -2.16. The molecule has 0 unspecified atom stereocenters. The largest absolute Gasteiger partial charge is 0.383 e. The van der Waals surface area contributed by atoms with Crippen LogP contribution in [0.5, 0.6) is 0 Å². The van der Waals surface area contributed by atoms with Crippen molar-refractivity contribution in [3.05, 3.63) is 114 Å². The monoisotopic (exact) mass is 388 g/mol. The molecule has 0 spiro atoms. The molecule has 0 saturated carbocycles. The molecular weight excluding hydrogens is 368 g/mol. The molecular formula is C26H20N4. The number of nitrogens with zero attached hydrogens (tertiary/aromatic N) is 2. The van der Waals surface area contributed by atoms with E-state index in [-0.39, 0.29) is 5.84 Å². The highest BCUT2D eigenvalue weighted by molar-refractivity contribution is 6.14. The van der Waals surface area contributed by atoms with E-state index in [1.165, 1.54) is 5.39 Å². The molecule has 0 aliphatic rings. The highest BCUT2D eigenvalue weighted by Crippen LogP contribution is 2.32. The van der Waals surface area contributed by atoms with Crippen LogP contribution in [0.15, 0.2) is 108 Å². The van der Waals surface area contributed by atoms with Crippen molar-refractivity contribution in [1.29, 1.82) is 5.41 Å². The minimum absolute atomic E-state index is 0.150. The lowest BCUT2D eigenvalue weighted by Gasteiger charge is -2.08. The predicted molar refractivity (Wildman–Crippen MR) is 125 cm³/mol. The Balaban J connectivity index is 1.68. The molecule has 0 aliphatic carbocycles. The maximum absolute atomic E-state index is 8.26. The van der Waals surface area contributed by atoms with Crippen LogP contribution in [-0.4, -0.2) is 16.2 Å². The molecule has 5 aromatic rings. The summed E-state index contributed by atoms with van der Waals surface area (Å²) < 4.78 is 2.24. The summed E-state index contributed by atoms with van der Waals surface area (Å²) in [5, 5.41) is 10.6. The fraction of sp³-hybridized carbons (Fsp3) is 0. The average molecular weight is 388 g/mol. The molecule has 3 N–H and O–H groups in total. The van der Waals surface area contributed by atoms with Gasteiger partial charge in [0.1, 0.15) is 5.84 Å². The molecule has 0 fully saturated rings.